The van der Waals surface area contributed by atoms with Gasteiger partial charge in [-0.1, -0.05) is 0 Å². The van der Waals surface area contributed by atoms with Gasteiger partial charge in [0.1, 0.15) is 17.5 Å². The third kappa shape index (κ3) is 3.23. The van der Waals surface area contributed by atoms with E-state index >= 15 is 0 Å². The summed E-state index contributed by atoms with van der Waals surface area (Å²) in [6.07, 6.45) is 1.61. The van der Waals surface area contributed by atoms with Crippen molar-refractivity contribution < 1.29 is 14.3 Å². The number of aromatic nitrogens is 2. The van der Waals surface area contributed by atoms with Crippen LogP contribution in [0.1, 0.15) is 24.2 Å². The maximum Gasteiger partial charge on any atom is 0.249 e. The van der Waals surface area contributed by atoms with Crippen molar-refractivity contribution in [2.24, 2.45) is 5.73 Å². The minimum Gasteiger partial charge on any atom is -0.495 e. The van der Waals surface area contributed by atoms with Gasteiger partial charge >= 0.3 is 0 Å². The number of ether oxygens (including phenoxy) is 1. The molecule has 0 radical (unpaired) electrons. The van der Waals surface area contributed by atoms with Gasteiger partial charge in [0.2, 0.25) is 17.8 Å². The highest BCUT2D eigenvalue weighted by Gasteiger charge is 2.34. The number of nitrogens with zero attached hydrogens (tertiary/aromatic N) is 4. The lowest BCUT2D eigenvalue weighted by atomic mass is 10.1. The van der Waals surface area contributed by atoms with Crippen molar-refractivity contribution in [1.82, 2.24) is 9.97 Å². The first-order chi connectivity index (χ1) is 12.9. The molecule has 0 bridgehead atoms. The van der Waals surface area contributed by atoms with Gasteiger partial charge in [-0.2, -0.15) is 4.98 Å². The minimum absolute atomic E-state index is 0.00244. The van der Waals surface area contributed by atoms with E-state index in [9.17, 15) is 9.59 Å². The predicted octanol–water partition coefficient (Wildman–Crippen LogP) is 1.52. The molecule has 2 heterocycles. The van der Waals surface area contributed by atoms with Crippen LogP contribution in [0.25, 0.3) is 0 Å². The van der Waals surface area contributed by atoms with Gasteiger partial charge in [0.15, 0.2) is 5.82 Å². The van der Waals surface area contributed by atoms with Gasteiger partial charge in [0.25, 0.3) is 0 Å². The topological polar surface area (TPSA) is 114 Å². The Morgan fingerprint density at radius 1 is 1.41 bits per heavy atom. The maximum absolute atomic E-state index is 12.4. The highest BCUT2D eigenvalue weighted by atomic mass is 16.5. The van der Waals surface area contributed by atoms with Crippen molar-refractivity contribution in [3.05, 3.63) is 30.0 Å². The van der Waals surface area contributed by atoms with E-state index in [0.29, 0.717) is 41.0 Å². The Kier molecular flexibility index (Phi) is 4.85. The number of hydrogen-bond donors (Lipinski definition) is 2. The van der Waals surface area contributed by atoms with Crippen molar-refractivity contribution in [1.29, 1.82) is 0 Å². The molecule has 142 valence electrons. The Bertz CT molecular complexity index is 901. The van der Waals surface area contributed by atoms with Crippen molar-refractivity contribution in [2.75, 3.05) is 35.8 Å². The molecule has 3 rings (SSSR count). The molecular formula is C18H22N6O3. The number of hydrogen-bond acceptors (Lipinski definition) is 7. The van der Waals surface area contributed by atoms with E-state index in [-0.39, 0.29) is 11.9 Å². The fourth-order valence-electron chi connectivity index (χ4n) is 3.08. The van der Waals surface area contributed by atoms with E-state index in [4.69, 9.17) is 10.5 Å². The quantitative estimate of drug-likeness (QED) is 0.820. The molecule has 0 fully saturated rings. The SMILES string of the molecule is CCN1c2nc(Nc3ccc(C(N)=O)cc3OC)ncc2N(C)C(=O)[C@H]1C. The number of methoxy groups -OCH3 is 1. The third-order valence-electron chi connectivity index (χ3n) is 4.61. The second-order valence-corrected chi connectivity index (χ2v) is 6.17. The first-order valence-corrected chi connectivity index (χ1v) is 8.53. The van der Waals surface area contributed by atoms with Gasteiger partial charge in [-0.25, -0.2) is 4.98 Å². The van der Waals surface area contributed by atoms with Gasteiger partial charge in [-0.15, -0.1) is 0 Å². The van der Waals surface area contributed by atoms with Crippen molar-refractivity contribution in [3.8, 4) is 5.75 Å². The Morgan fingerprint density at radius 3 is 2.78 bits per heavy atom. The zero-order valence-corrected chi connectivity index (χ0v) is 15.7. The number of nitrogens with two attached hydrogens (primary N) is 1. The summed E-state index contributed by atoms with van der Waals surface area (Å²) in [7, 11) is 3.22. The van der Waals surface area contributed by atoms with Gasteiger partial charge in [-0.05, 0) is 32.0 Å². The van der Waals surface area contributed by atoms with Crippen LogP contribution < -0.4 is 25.6 Å². The van der Waals surface area contributed by atoms with E-state index in [2.05, 4.69) is 15.3 Å². The summed E-state index contributed by atoms with van der Waals surface area (Å²) in [5, 5.41) is 3.10. The molecule has 2 amide bonds. The van der Waals surface area contributed by atoms with Crippen molar-refractivity contribution in [2.45, 2.75) is 19.9 Å². The van der Waals surface area contributed by atoms with Crippen molar-refractivity contribution >= 4 is 35.0 Å². The number of rotatable bonds is 5. The first kappa shape index (κ1) is 18.4. The lowest BCUT2D eigenvalue weighted by Gasteiger charge is -2.38. The number of primary amides is 1. The summed E-state index contributed by atoms with van der Waals surface area (Å²) in [6, 6.07) is 4.52. The van der Waals surface area contributed by atoms with Crippen LogP contribution in [0.4, 0.5) is 23.1 Å². The summed E-state index contributed by atoms with van der Waals surface area (Å²) in [6.45, 7) is 4.46. The van der Waals surface area contributed by atoms with E-state index in [1.165, 1.54) is 7.11 Å². The largest absolute Gasteiger partial charge is 0.495 e. The van der Waals surface area contributed by atoms with Crippen LogP contribution in [0.5, 0.6) is 5.75 Å². The summed E-state index contributed by atoms with van der Waals surface area (Å²) in [5.74, 6) is 0.938. The minimum atomic E-state index is -0.537. The van der Waals surface area contributed by atoms with Gasteiger partial charge in [-0.3, -0.25) is 9.59 Å². The zero-order chi connectivity index (χ0) is 19.7. The van der Waals surface area contributed by atoms with Gasteiger partial charge in [0.05, 0.1) is 19.0 Å². The molecule has 2 aromatic rings. The molecular weight excluding hydrogens is 348 g/mol. The van der Waals surface area contributed by atoms with Gasteiger partial charge in [0, 0.05) is 19.2 Å². The smallest absolute Gasteiger partial charge is 0.249 e. The number of likely N-dealkylation sites (N-methyl/N-ethyl adjacent to an activating group) is 2. The number of nitrogens with one attached hydrogen (secondary N) is 1. The molecule has 0 spiro atoms. The molecule has 0 saturated carbocycles. The van der Waals surface area contributed by atoms with Crippen molar-refractivity contribution in [3.63, 3.8) is 0 Å². The molecule has 1 aliphatic rings. The highest BCUT2D eigenvalue weighted by molar-refractivity contribution is 6.04. The number of carbonyl (C=O) groups excluding carboxylic acids is 2. The summed E-state index contributed by atoms with van der Waals surface area (Å²) in [5.41, 5.74) is 6.90. The van der Waals surface area contributed by atoms with Crippen LogP contribution >= 0.6 is 0 Å². The molecule has 0 aliphatic carbocycles. The summed E-state index contributed by atoms with van der Waals surface area (Å²) in [4.78, 5) is 36.1. The summed E-state index contributed by atoms with van der Waals surface area (Å²) < 4.78 is 5.32. The number of anilines is 4. The Balaban J connectivity index is 1.97. The van der Waals surface area contributed by atoms with Gasteiger partial charge < -0.3 is 25.6 Å². The van der Waals surface area contributed by atoms with Crippen LogP contribution in [-0.4, -0.2) is 48.5 Å². The van der Waals surface area contributed by atoms with E-state index in [0.717, 1.165) is 0 Å². The molecule has 1 aromatic heterocycles. The standard InChI is InChI=1S/C18H22N6O3/c1-5-24-10(2)17(26)23(3)13-9-20-18(22-16(13)24)21-12-7-6-11(15(19)25)8-14(12)27-4/h6-10H,5H2,1-4H3,(H2,19,25)(H,20,21,22)/t10-/m1/s1. The Hall–Kier alpha value is -3.36. The second kappa shape index (κ2) is 7.10. The molecule has 0 saturated heterocycles. The Morgan fingerprint density at radius 2 is 2.15 bits per heavy atom. The number of amides is 2. The van der Waals surface area contributed by atoms with Crippen LogP contribution in [0.3, 0.4) is 0 Å². The summed E-state index contributed by atoms with van der Waals surface area (Å²) >= 11 is 0. The zero-order valence-electron chi connectivity index (χ0n) is 15.7. The fraction of sp³-hybridized carbons (Fsp3) is 0.333. The average Bonchev–Trinajstić information content (AvgIpc) is 2.66. The van der Waals surface area contributed by atoms with Crippen LogP contribution in [0, 0.1) is 0 Å². The second-order valence-electron chi connectivity index (χ2n) is 6.17. The number of fused-ring (bicyclic) bond motifs is 1. The molecule has 1 atom stereocenters. The molecule has 9 heteroatoms. The monoisotopic (exact) mass is 370 g/mol. The average molecular weight is 370 g/mol. The van der Waals surface area contributed by atoms with Crippen LogP contribution in [0.15, 0.2) is 24.4 Å². The van der Waals surface area contributed by atoms with E-state index < -0.39 is 5.91 Å². The maximum atomic E-state index is 12.4. The van der Waals surface area contributed by atoms with Crippen LogP contribution in [0.2, 0.25) is 0 Å². The normalized spacial score (nSPS) is 16.1. The molecule has 3 N–H and O–H groups in total. The molecule has 1 aliphatic heterocycles. The molecule has 1 aromatic carbocycles. The lowest BCUT2D eigenvalue weighted by molar-refractivity contribution is -0.119. The molecule has 0 unspecified atom stereocenters. The number of carbonyl (C=O) groups is 2. The fourth-order valence-corrected chi connectivity index (χ4v) is 3.08. The molecule has 27 heavy (non-hydrogen) atoms. The van der Waals surface area contributed by atoms with Crippen LogP contribution in [-0.2, 0) is 4.79 Å². The lowest BCUT2D eigenvalue weighted by Crippen LogP contribution is -2.51. The highest BCUT2D eigenvalue weighted by Crippen LogP contribution is 2.35. The predicted molar refractivity (Wildman–Crippen MR) is 103 cm³/mol. The van der Waals surface area contributed by atoms with E-state index in [1.807, 2.05) is 18.7 Å². The number of benzene rings is 1. The third-order valence-corrected chi connectivity index (χ3v) is 4.61. The molecule has 9 nitrogen and oxygen atoms in total. The Labute approximate surface area is 157 Å². The van der Waals surface area contributed by atoms with E-state index in [1.54, 1.807) is 36.3 Å². The first-order valence-electron chi connectivity index (χ1n) is 8.53.